The van der Waals surface area contributed by atoms with Gasteiger partial charge in [-0.25, -0.2) is 4.68 Å². The number of anilines is 2. The molecule has 0 bridgehead atoms. The first-order valence-corrected chi connectivity index (χ1v) is 8.22. The van der Waals surface area contributed by atoms with Crippen molar-refractivity contribution < 1.29 is 14.7 Å². The second-order valence-electron chi connectivity index (χ2n) is 5.87. The molecule has 2 N–H and O–H groups in total. The summed E-state index contributed by atoms with van der Waals surface area (Å²) in [5.74, 6) is -1.55. The molecule has 0 aliphatic heterocycles. The number of rotatable bonds is 6. The number of carboxylic acid groups (broad SMARTS) is 1. The van der Waals surface area contributed by atoms with Gasteiger partial charge in [0.05, 0.1) is 5.56 Å². The Morgan fingerprint density at radius 2 is 1.63 bits per heavy atom. The average molecular weight is 363 g/mol. The minimum Gasteiger partial charge on any atom is -0.480 e. The van der Waals surface area contributed by atoms with Gasteiger partial charge in [0.15, 0.2) is 5.78 Å². The van der Waals surface area contributed by atoms with E-state index in [9.17, 15) is 14.4 Å². The Hall–Kier alpha value is -3.74. The number of hydrogen-bond acceptors (Lipinski definition) is 5. The highest BCUT2D eigenvalue weighted by molar-refractivity contribution is 6.05. The number of para-hydroxylation sites is 1. The Balaban J connectivity index is 2.29. The van der Waals surface area contributed by atoms with Gasteiger partial charge in [0.1, 0.15) is 17.9 Å². The van der Waals surface area contributed by atoms with Crippen molar-refractivity contribution in [3.63, 3.8) is 0 Å². The molecule has 2 aromatic carbocycles. The van der Waals surface area contributed by atoms with Crippen LogP contribution in [0.4, 0.5) is 11.4 Å². The summed E-state index contributed by atoms with van der Waals surface area (Å²) < 4.78 is 0.850. The molecular formula is C20H17N3O4. The van der Waals surface area contributed by atoms with Gasteiger partial charge in [0.25, 0.3) is 5.56 Å². The number of carboxylic acids is 1. The Morgan fingerprint density at radius 1 is 1.04 bits per heavy atom. The fourth-order valence-electron chi connectivity index (χ4n) is 2.73. The van der Waals surface area contributed by atoms with Gasteiger partial charge in [-0.2, -0.15) is 5.10 Å². The summed E-state index contributed by atoms with van der Waals surface area (Å²) in [5.41, 5.74) is 0.913. The van der Waals surface area contributed by atoms with Crippen LogP contribution in [0, 0.1) is 0 Å². The number of carbonyl (C=O) groups is 2. The molecule has 1 aromatic heterocycles. The van der Waals surface area contributed by atoms with E-state index in [2.05, 4.69) is 10.4 Å². The van der Waals surface area contributed by atoms with Crippen LogP contribution in [0.25, 0.3) is 11.3 Å². The van der Waals surface area contributed by atoms with Crippen molar-refractivity contribution in [3.05, 3.63) is 76.6 Å². The molecule has 3 rings (SSSR count). The van der Waals surface area contributed by atoms with E-state index in [0.717, 1.165) is 4.68 Å². The Bertz CT molecular complexity index is 1040. The zero-order valence-corrected chi connectivity index (χ0v) is 14.5. The van der Waals surface area contributed by atoms with E-state index in [4.69, 9.17) is 5.11 Å². The van der Waals surface area contributed by atoms with E-state index >= 15 is 0 Å². The van der Waals surface area contributed by atoms with Crippen molar-refractivity contribution in [2.45, 2.75) is 13.5 Å². The summed E-state index contributed by atoms with van der Waals surface area (Å²) in [5, 5.41) is 16.3. The number of carbonyl (C=O) groups excluding carboxylic acids is 1. The molecule has 7 nitrogen and oxygen atoms in total. The molecule has 0 radical (unpaired) electrons. The fourth-order valence-corrected chi connectivity index (χ4v) is 2.73. The Kier molecular flexibility index (Phi) is 5.12. The van der Waals surface area contributed by atoms with Gasteiger partial charge in [-0.1, -0.05) is 48.5 Å². The summed E-state index contributed by atoms with van der Waals surface area (Å²) in [6.07, 6.45) is 0. The van der Waals surface area contributed by atoms with Crippen LogP contribution in [-0.2, 0) is 11.3 Å². The van der Waals surface area contributed by atoms with Gasteiger partial charge in [-0.05, 0) is 19.1 Å². The monoisotopic (exact) mass is 363 g/mol. The van der Waals surface area contributed by atoms with E-state index in [1.165, 1.54) is 6.92 Å². The van der Waals surface area contributed by atoms with Crippen LogP contribution in [0.2, 0.25) is 0 Å². The van der Waals surface area contributed by atoms with Gasteiger partial charge in [0.2, 0.25) is 0 Å². The highest BCUT2D eigenvalue weighted by atomic mass is 16.4. The summed E-state index contributed by atoms with van der Waals surface area (Å²) >= 11 is 0. The molecule has 0 unspecified atom stereocenters. The number of aromatic nitrogens is 2. The first-order chi connectivity index (χ1) is 13.0. The minimum atomic E-state index is -1.20. The number of nitrogens with one attached hydrogen (secondary N) is 1. The smallest absolute Gasteiger partial charge is 0.325 e. The molecule has 0 fully saturated rings. The SMILES string of the molecule is CC(=O)c1c(-c2ccccc2)nn(CC(=O)O)c(=O)c1Nc1ccccc1. The van der Waals surface area contributed by atoms with E-state index < -0.39 is 18.1 Å². The number of hydrogen-bond donors (Lipinski definition) is 2. The Labute approximate surface area is 154 Å². The van der Waals surface area contributed by atoms with Gasteiger partial charge in [-0.15, -0.1) is 0 Å². The topological polar surface area (TPSA) is 101 Å². The van der Waals surface area contributed by atoms with Crippen LogP contribution in [0.5, 0.6) is 0 Å². The van der Waals surface area contributed by atoms with Crippen molar-refractivity contribution in [1.29, 1.82) is 0 Å². The largest absolute Gasteiger partial charge is 0.480 e. The van der Waals surface area contributed by atoms with Gasteiger partial charge >= 0.3 is 5.97 Å². The van der Waals surface area contributed by atoms with Crippen LogP contribution < -0.4 is 10.9 Å². The van der Waals surface area contributed by atoms with E-state index in [1.54, 1.807) is 48.5 Å². The predicted octanol–water partition coefficient (Wildman–Crippen LogP) is 2.94. The highest BCUT2D eigenvalue weighted by Crippen LogP contribution is 2.27. The summed E-state index contributed by atoms with van der Waals surface area (Å²) in [6, 6.07) is 17.7. The van der Waals surface area contributed by atoms with Gasteiger partial charge in [0, 0.05) is 11.3 Å². The van der Waals surface area contributed by atoms with Crippen molar-refractivity contribution in [3.8, 4) is 11.3 Å². The molecular weight excluding hydrogens is 346 g/mol. The van der Waals surface area contributed by atoms with Crippen molar-refractivity contribution in [2.24, 2.45) is 0 Å². The van der Waals surface area contributed by atoms with Crippen LogP contribution >= 0.6 is 0 Å². The normalized spacial score (nSPS) is 10.4. The van der Waals surface area contributed by atoms with Gasteiger partial charge < -0.3 is 10.4 Å². The second-order valence-corrected chi connectivity index (χ2v) is 5.87. The summed E-state index contributed by atoms with van der Waals surface area (Å²) in [4.78, 5) is 36.4. The quantitative estimate of drug-likeness (QED) is 0.653. The lowest BCUT2D eigenvalue weighted by Gasteiger charge is -2.16. The molecule has 0 atom stereocenters. The molecule has 136 valence electrons. The van der Waals surface area contributed by atoms with Crippen LogP contribution in [-0.4, -0.2) is 26.6 Å². The molecule has 27 heavy (non-hydrogen) atoms. The second kappa shape index (κ2) is 7.65. The molecule has 0 saturated heterocycles. The maximum absolute atomic E-state index is 12.8. The third-order valence-electron chi connectivity index (χ3n) is 3.88. The number of aliphatic carboxylic acids is 1. The molecule has 0 amide bonds. The van der Waals surface area contributed by atoms with Crippen LogP contribution in [0.15, 0.2) is 65.5 Å². The standard InChI is InChI=1S/C20H17N3O4/c1-13(24)17-18(14-8-4-2-5-9-14)22-23(12-16(25)26)20(27)19(17)21-15-10-6-3-7-11-15/h2-11,21H,12H2,1H3,(H,25,26). The molecule has 1 heterocycles. The predicted molar refractivity (Wildman–Crippen MR) is 101 cm³/mol. The fraction of sp³-hybridized carbons (Fsp3) is 0.100. The molecule has 3 aromatic rings. The molecule has 0 aliphatic carbocycles. The maximum Gasteiger partial charge on any atom is 0.325 e. The van der Waals surface area contributed by atoms with Crippen molar-refractivity contribution >= 4 is 23.1 Å². The van der Waals surface area contributed by atoms with E-state index in [0.29, 0.717) is 11.3 Å². The lowest BCUT2D eigenvalue weighted by atomic mass is 10.0. The minimum absolute atomic E-state index is 0.00352. The molecule has 0 saturated carbocycles. The molecule has 0 spiro atoms. The molecule has 7 heteroatoms. The molecule has 0 aliphatic rings. The first-order valence-electron chi connectivity index (χ1n) is 8.22. The van der Waals surface area contributed by atoms with Crippen molar-refractivity contribution in [2.75, 3.05) is 5.32 Å². The number of benzene rings is 2. The van der Waals surface area contributed by atoms with E-state index in [1.807, 2.05) is 12.1 Å². The summed E-state index contributed by atoms with van der Waals surface area (Å²) in [6.45, 7) is 0.737. The van der Waals surface area contributed by atoms with Gasteiger partial charge in [-0.3, -0.25) is 14.4 Å². The maximum atomic E-state index is 12.8. The number of nitrogens with zero attached hydrogens (tertiary/aromatic N) is 2. The van der Waals surface area contributed by atoms with E-state index in [-0.39, 0.29) is 22.7 Å². The Morgan fingerprint density at radius 3 is 2.19 bits per heavy atom. The van der Waals surface area contributed by atoms with Crippen LogP contribution in [0.1, 0.15) is 17.3 Å². The highest BCUT2D eigenvalue weighted by Gasteiger charge is 2.22. The summed E-state index contributed by atoms with van der Waals surface area (Å²) in [7, 11) is 0. The lowest BCUT2D eigenvalue weighted by molar-refractivity contribution is -0.137. The third kappa shape index (κ3) is 3.92. The average Bonchev–Trinajstić information content (AvgIpc) is 2.65. The number of Topliss-reactive ketones (excluding diaryl/α,β-unsaturated/α-hetero) is 1. The first kappa shape index (κ1) is 18.1. The zero-order valence-electron chi connectivity index (χ0n) is 14.5. The number of ketones is 1. The van der Waals surface area contributed by atoms with Crippen molar-refractivity contribution in [1.82, 2.24) is 9.78 Å². The lowest BCUT2D eigenvalue weighted by Crippen LogP contribution is -2.31. The third-order valence-corrected chi connectivity index (χ3v) is 3.88. The zero-order chi connectivity index (χ0) is 19.4. The van der Waals surface area contributed by atoms with Crippen LogP contribution in [0.3, 0.4) is 0 Å².